The molecule has 0 saturated carbocycles. The zero-order valence-corrected chi connectivity index (χ0v) is 9.65. The lowest BCUT2D eigenvalue weighted by molar-refractivity contribution is -0.147. The van der Waals surface area contributed by atoms with E-state index in [1.165, 1.54) is 14.2 Å². The fourth-order valence-corrected chi connectivity index (χ4v) is 1.02. The number of urea groups is 1. The molecule has 0 aromatic carbocycles. The fourth-order valence-electron chi connectivity index (χ4n) is 1.02. The van der Waals surface area contributed by atoms with Crippen LogP contribution in [-0.4, -0.2) is 56.6 Å². The number of hydrogen-bond donors (Lipinski definition) is 3. The molecule has 0 heterocycles. The standard InChI is InChI=1S/C9H18N2O5/c1-6(5-15-2)11-9(14)10-4-7(16-3)8(12)13/h6-7H,4-5H2,1-3H3,(H,12,13)(H2,10,11,14). The molecule has 2 atom stereocenters. The van der Waals surface area contributed by atoms with Crippen molar-refractivity contribution in [2.24, 2.45) is 0 Å². The maximum Gasteiger partial charge on any atom is 0.334 e. The van der Waals surface area contributed by atoms with Crippen LogP contribution in [-0.2, 0) is 14.3 Å². The molecule has 0 rings (SSSR count). The zero-order valence-electron chi connectivity index (χ0n) is 9.65. The van der Waals surface area contributed by atoms with Crippen LogP contribution >= 0.6 is 0 Å². The first-order valence-electron chi connectivity index (χ1n) is 4.80. The summed E-state index contributed by atoms with van der Waals surface area (Å²) in [6.07, 6.45) is -1.04. The van der Waals surface area contributed by atoms with Crippen molar-refractivity contribution in [3.8, 4) is 0 Å². The molecule has 16 heavy (non-hydrogen) atoms. The predicted molar refractivity (Wildman–Crippen MR) is 56.3 cm³/mol. The largest absolute Gasteiger partial charge is 0.479 e. The molecular formula is C9H18N2O5. The van der Waals surface area contributed by atoms with E-state index < -0.39 is 18.1 Å². The van der Waals surface area contributed by atoms with E-state index in [2.05, 4.69) is 15.4 Å². The topological polar surface area (TPSA) is 96.9 Å². The maximum atomic E-state index is 11.2. The van der Waals surface area contributed by atoms with Gasteiger partial charge in [0, 0.05) is 14.2 Å². The highest BCUT2D eigenvalue weighted by molar-refractivity contribution is 5.77. The second-order valence-corrected chi connectivity index (χ2v) is 3.27. The Morgan fingerprint density at radius 1 is 1.38 bits per heavy atom. The molecule has 0 radical (unpaired) electrons. The molecule has 0 aliphatic carbocycles. The number of carbonyl (C=O) groups is 2. The van der Waals surface area contributed by atoms with Gasteiger partial charge in [-0.1, -0.05) is 0 Å². The Balaban J connectivity index is 3.83. The van der Waals surface area contributed by atoms with Crippen LogP contribution in [0.5, 0.6) is 0 Å². The van der Waals surface area contributed by atoms with Crippen molar-refractivity contribution in [1.29, 1.82) is 0 Å². The highest BCUT2D eigenvalue weighted by Gasteiger charge is 2.17. The molecule has 94 valence electrons. The number of nitrogens with one attached hydrogen (secondary N) is 2. The molecule has 0 saturated heterocycles. The first-order chi connectivity index (χ1) is 7.51. The van der Waals surface area contributed by atoms with E-state index in [1.807, 2.05) is 0 Å². The third-order valence-electron chi connectivity index (χ3n) is 1.80. The molecule has 0 aromatic heterocycles. The van der Waals surface area contributed by atoms with Gasteiger partial charge in [-0.15, -0.1) is 0 Å². The molecule has 0 aromatic rings. The average Bonchev–Trinajstić information content (AvgIpc) is 2.18. The van der Waals surface area contributed by atoms with E-state index in [4.69, 9.17) is 9.84 Å². The minimum Gasteiger partial charge on any atom is -0.479 e. The molecule has 7 nitrogen and oxygen atoms in total. The summed E-state index contributed by atoms with van der Waals surface area (Å²) in [4.78, 5) is 21.8. The van der Waals surface area contributed by atoms with Gasteiger partial charge in [-0.25, -0.2) is 9.59 Å². The van der Waals surface area contributed by atoms with Gasteiger partial charge in [-0.3, -0.25) is 0 Å². The molecule has 2 unspecified atom stereocenters. The van der Waals surface area contributed by atoms with Crippen molar-refractivity contribution < 1.29 is 24.2 Å². The van der Waals surface area contributed by atoms with Gasteiger partial charge in [-0.05, 0) is 6.92 Å². The summed E-state index contributed by atoms with van der Waals surface area (Å²) in [6.45, 7) is 2.07. The van der Waals surface area contributed by atoms with Crippen LogP contribution in [0, 0.1) is 0 Å². The van der Waals surface area contributed by atoms with Crippen molar-refractivity contribution in [3.05, 3.63) is 0 Å². The van der Waals surface area contributed by atoms with Crippen molar-refractivity contribution in [2.45, 2.75) is 19.1 Å². The van der Waals surface area contributed by atoms with Gasteiger partial charge in [0.1, 0.15) is 0 Å². The number of aliphatic carboxylic acids is 1. The SMILES string of the molecule is COCC(C)NC(=O)NCC(OC)C(=O)O. The number of amides is 2. The number of methoxy groups -OCH3 is 2. The van der Waals surface area contributed by atoms with Crippen LogP contribution in [0.4, 0.5) is 4.79 Å². The molecule has 0 aliphatic heterocycles. The quantitative estimate of drug-likeness (QED) is 0.547. The van der Waals surface area contributed by atoms with Crippen LogP contribution in [0.25, 0.3) is 0 Å². The minimum atomic E-state index is -1.12. The maximum absolute atomic E-state index is 11.2. The summed E-state index contributed by atoms with van der Waals surface area (Å²) in [6, 6.07) is -0.594. The van der Waals surface area contributed by atoms with Gasteiger partial charge < -0.3 is 25.2 Å². The smallest absolute Gasteiger partial charge is 0.334 e. The Morgan fingerprint density at radius 2 is 2.00 bits per heavy atom. The number of carbonyl (C=O) groups excluding carboxylic acids is 1. The van der Waals surface area contributed by atoms with E-state index in [-0.39, 0.29) is 12.6 Å². The minimum absolute atomic E-state index is 0.0859. The lowest BCUT2D eigenvalue weighted by atomic mass is 10.3. The van der Waals surface area contributed by atoms with E-state index in [0.29, 0.717) is 6.61 Å². The summed E-state index contributed by atoms with van der Waals surface area (Å²) in [5.41, 5.74) is 0. The highest BCUT2D eigenvalue weighted by atomic mass is 16.5. The Labute approximate surface area is 94.1 Å². The van der Waals surface area contributed by atoms with Crippen molar-refractivity contribution in [3.63, 3.8) is 0 Å². The second-order valence-electron chi connectivity index (χ2n) is 3.27. The lowest BCUT2D eigenvalue weighted by Crippen LogP contribution is -2.46. The zero-order chi connectivity index (χ0) is 12.6. The molecular weight excluding hydrogens is 216 g/mol. The van der Waals surface area contributed by atoms with Crippen LogP contribution in [0.15, 0.2) is 0 Å². The van der Waals surface area contributed by atoms with Crippen LogP contribution < -0.4 is 10.6 Å². The van der Waals surface area contributed by atoms with Gasteiger partial charge in [-0.2, -0.15) is 0 Å². The van der Waals surface area contributed by atoms with Crippen molar-refractivity contribution >= 4 is 12.0 Å². The first kappa shape index (κ1) is 14.7. The number of carboxylic acid groups (broad SMARTS) is 1. The van der Waals surface area contributed by atoms with Crippen molar-refractivity contribution in [2.75, 3.05) is 27.4 Å². The third kappa shape index (κ3) is 6.20. The number of hydrogen-bond acceptors (Lipinski definition) is 4. The summed E-state index contributed by atoms with van der Waals surface area (Å²) >= 11 is 0. The first-order valence-corrected chi connectivity index (χ1v) is 4.80. The molecule has 0 aliphatic rings. The predicted octanol–water partition coefficient (Wildman–Crippen LogP) is -0.580. The van der Waals surface area contributed by atoms with E-state index in [0.717, 1.165) is 0 Å². The van der Waals surface area contributed by atoms with Crippen LogP contribution in [0.2, 0.25) is 0 Å². The molecule has 0 bridgehead atoms. The normalized spacial score (nSPS) is 13.9. The number of rotatable bonds is 7. The van der Waals surface area contributed by atoms with E-state index in [1.54, 1.807) is 6.92 Å². The van der Waals surface area contributed by atoms with Gasteiger partial charge in [0.05, 0.1) is 19.2 Å². The molecule has 3 N–H and O–H groups in total. The Bertz CT molecular complexity index is 234. The summed E-state index contributed by atoms with van der Waals surface area (Å²) in [7, 11) is 2.80. The van der Waals surface area contributed by atoms with E-state index in [9.17, 15) is 9.59 Å². The van der Waals surface area contributed by atoms with Crippen LogP contribution in [0.3, 0.4) is 0 Å². The molecule has 0 spiro atoms. The second kappa shape index (κ2) is 7.89. The van der Waals surface area contributed by atoms with Gasteiger partial charge in [0.15, 0.2) is 6.10 Å². The Morgan fingerprint density at radius 3 is 2.44 bits per heavy atom. The van der Waals surface area contributed by atoms with Crippen LogP contribution in [0.1, 0.15) is 6.92 Å². The molecule has 0 fully saturated rings. The third-order valence-corrected chi connectivity index (χ3v) is 1.80. The molecule has 7 heteroatoms. The van der Waals surface area contributed by atoms with Gasteiger partial charge in [0.2, 0.25) is 0 Å². The Hall–Kier alpha value is -1.34. The lowest BCUT2D eigenvalue weighted by Gasteiger charge is -2.15. The highest BCUT2D eigenvalue weighted by Crippen LogP contribution is 1.88. The van der Waals surface area contributed by atoms with Crippen molar-refractivity contribution in [1.82, 2.24) is 10.6 Å². The average molecular weight is 234 g/mol. The molecule has 2 amide bonds. The van der Waals surface area contributed by atoms with Gasteiger partial charge in [0.25, 0.3) is 0 Å². The van der Waals surface area contributed by atoms with Gasteiger partial charge >= 0.3 is 12.0 Å². The number of carboxylic acids is 1. The fraction of sp³-hybridized carbons (Fsp3) is 0.778. The number of ether oxygens (including phenoxy) is 2. The summed E-state index contributed by atoms with van der Waals surface area (Å²) in [5.74, 6) is -1.12. The monoisotopic (exact) mass is 234 g/mol. The summed E-state index contributed by atoms with van der Waals surface area (Å²) in [5, 5.41) is 13.6. The summed E-state index contributed by atoms with van der Waals surface area (Å²) < 4.78 is 9.48. The Kier molecular flexibility index (Phi) is 7.23. The van der Waals surface area contributed by atoms with E-state index >= 15 is 0 Å².